The van der Waals surface area contributed by atoms with Gasteiger partial charge >= 0.3 is 6.85 Å². The molecule has 0 N–H and O–H groups in total. The molecule has 0 spiro atoms. The first kappa shape index (κ1) is 26.6. The summed E-state index contributed by atoms with van der Waals surface area (Å²) < 4.78 is 2.73. The Morgan fingerprint density at radius 2 is 1.35 bits per heavy atom. The Bertz CT molecular complexity index is 2860. The van der Waals surface area contributed by atoms with Crippen molar-refractivity contribution in [2.45, 2.75) is 32.4 Å². The van der Waals surface area contributed by atoms with Gasteiger partial charge < -0.3 is 9.38 Å². The lowest BCUT2D eigenvalue weighted by atomic mass is 9.44. The second-order valence-electron chi connectivity index (χ2n) is 15.7. The number of fused-ring (bicyclic) bond motifs is 15. The Morgan fingerprint density at radius 3 is 2.27 bits per heavy atom. The van der Waals surface area contributed by atoms with Gasteiger partial charge in [-0.1, -0.05) is 136 Å². The van der Waals surface area contributed by atoms with Gasteiger partial charge in [-0.2, -0.15) is 0 Å². The third kappa shape index (κ3) is 2.88. The molecular weight excluding hydrogens is 607 g/mol. The van der Waals surface area contributed by atoms with Crippen molar-refractivity contribution in [2.75, 3.05) is 4.90 Å². The summed E-state index contributed by atoms with van der Waals surface area (Å²) in [5.41, 5.74) is 18.0. The second kappa shape index (κ2) is 8.45. The van der Waals surface area contributed by atoms with Crippen molar-refractivity contribution in [3.8, 4) is 22.3 Å². The Kier molecular flexibility index (Phi) is 4.59. The van der Waals surface area contributed by atoms with E-state index in [4.69, 9.17) is 0 Å². The van der Waals surface area contributed by atoms with Gasteiger partial charge in [0.25, 0.3) is 0 Å². The maximum Gasteiger partial charge on any atom is 0.333 e. The molecule has 0 bridgehead atoms. The van der Waals surface area contributed by atoms with E-state index in [0.717, 1.165) is 0 Å². The maximum absolute atomic E-state index is 2.73. The Morgan fingerprint density at radius 1 is 0.612 bits per heavy atom. The van der Waals surface area contributed by atoms with Gasteiger partial charge in [-0.3, -0.25) is 0 Å². The minimum Gasteiger partial charge on any atom is -0.375 e. The van der Waals surface area contributed by atoms with Crippen LogP contribution in [0, 0.1) is 0 Å². The molecule has 7 aromatic carbocycles. The molecule has 1 aromatic heterocycles. The topological polar surface area (TPSA) is 8.17 Å². The first-order chi connectivity index (χ1) is 23.9. The average Bonchev–Trinajstić information content (AvgIpc) is 3.58. The summed E-state index contributed by atoms with van der Waals surface area (Å²) in [7, 11) is -2.03. The van der Waals surface area contributed by atoms with Crippen LogP contribution in [0.1, 0.15) is 25.0 Å². The Balaban J connectivity index is 1.35. The number of hydrogen-bond donors (Lipinski definition) is 0. The minimum absolute atomic E-state index is 0.0588. The highest BCUT2D eigenvalue weighted by Gasteiger charge is 2.51. The van der Waals surface area contributed by atoms with Crippen LogP contribution >= 0.6 is 0 Å². The summed E-state index contributed by atoms with van der Waals surface area (Å²) in [6, 6.07) is 49.1. The van der Waals surface area contributed by atoms with Gasteiger partial charge in [0, 0.05) is 49.7 Å². The Hall–Kier alpha value is -5.32. The quantitative estimate of drug-likeness (QED) is 0.151. The molecule has 1 aliphatic carbocycles. The van der Waals surface area contributed by atoms with E-state index in [9.17, 15) is 0 Å². The molecule has 8 aromatic rings. The van der Waals surface area contributed by atoms with Gasteiger partial charge in [0.15, 0.2) is 0 Å². The van der Waals surface area contributed by atoms with Gasteiger partial charge in [0.2, 0.25) is 0 Å². The van der Waals surface area contributed by atoms with Crippen LogP contribution in [0.4, 0.5) is 17.1 Å². The van der Waals surface area contributed by atoms with Crippen molar-refractivity contribution in [1.29, 1.82) is 0 Å². The molecule has 49 heavy (non-hydrogen) atoms. The molecule has 0 saturated heterocycles. The third-order valence-corrected chi connectivity index (χ3v) is 16.2. The molecule has 230 valence electrons. The van der Waals surface area contributed by atoms with Crippen LogP contribution in [-0.2, 0) is 5.41 Å². The molecule has 4 heterocycles. The molecule has 0 unspecified atom stereocenters. The second-order valence-corrected chi connectivity index (χ2v) is 20.0. The lowest BCUT2D eigenvalue weighted by Crippen LogP contribution is -2.65. The largest absolute Gasteiger partial charge is 0.375 e. The molecule has 4 aliphatic rings. The van der Waals surface area contributed by atoms with Gasteiger partial charge in [-0.05, 0) is 72.5 Å². The van der Waals surface area contributed by atoms with Crippen molar-refractivity contribution in [3.05, 3.63) is 139 Å². The lowest BCUT2D eigenvalue weighted by Gasteiger charge is -2.48. The standard InChI is InChI=1S/C45H33BN2Si/c1-45(2)32-18-8-7-15-29(32)40-33(45)25-31-28-16-11-17-30-39-27-14-6-5-13-26(27)23-24-36(39)48(42(28)30)46-34-19-12-22-38-43(34)47(44(40)41(31)46)35-20-9-10-21-37(35)49(38,3)4/h5-25H,1-4H3. The summed E-state index contributed by atoms with van der Waals surface area (Å²) in [5.74, 6) is 0. The van der Waals surface area contributed by atoms with Gasteiger partial charge in [0.1, 0.15) is 8.07 Å². The van der Waals surface area contributed by atoms with Crippen LogP contribution in [0.3, 0.4) is 0 Å². The number of hydrogen-bond acceptors (Lipinski definition) is 1. The zero-order chi connectivity index (χ0) is 32.6. The first-order valence-corrected chi connectivity index (χ1v) is 20.7. The summed E-state index contributed by atoms with van der Waals surface area (Å²) in [6.45, 7) is 10.0. The molecule has 0 radical (unpaired) electrons. The number of rotatable bonds is 0. The Labute approximate surface area is 287 Å². The van der Waals surface area contributed by atoms with Gasteiger partial charge in [0.05, 0.1) is 5.69 Å². The van der Waals surface area contributed by atoms with E-state index in [2.05, 4.69) is 164 Å². The van der Waals surface area contributed by atoms with E-state index in [-0.39, 0.29) is 12.3 Å². The smallest absolute Gasteiger partial charge is 0.333 e. The zero-order valence-electron chi connectivity index (χ0n) is 28.1. The van der Waals surface area contributed by atoms with E-state index >= 15 is 0 Å². The number of nitrogens with zero attached hydrogens (tertiary/aromatic N) is 2. The van der Waals surface area contributed by atoms with Crippen LogP contribution in [0.25, 0.3) is 54.8 Å². The molecule has 0 fully saturated rings. The lowest BCUT2D eigenvalue weighted by molar-refractivity contribution is 0.661. The third-order valence-electron chi connectivity index (χ3n) is 12.7. The van der Waals surface area contributed by atoms with Crippen LogP contribution in [0.2, 0.25) is 13.1 Å². The molecule has 3 aliphatic heterocycles. The average molecular weight is 641 g/mol. The van der Waals surface area contributed by atoms with E-state index in [1.165, 1.54) is 104 Å². The summed E-state index contributed by atoms with van der Waals surface area (Å²) in [4.78, 5) is 2.72. The van der Waals surface area contributed by atoms with E-state index in [1.807, 2.05) is 0 Å². The highest BCUT2D eigenvalue weighted by atomic mass is 28.3. The fourth-order valence-corrected chi connectivity index (χ4v) is 13.6. The molecule has 2 nitrogen and oxygen atoms in total. The fraction of sp³-hybridized carbons (Fsp3) is 0.111. The van der Waals surface area contributed by atoms with Crippen LogP contribution in [-0.4, -0.2) is 19.4 Å². The van der Waals surface area contributed by atoms with E-state index in [0.29, 0.717) is 0 Å². The van der Waals surface area contributed by atoms with Crippen molar-refractivity contribution < 1.29 is 0 Å². The van der Waals surface area contributed by atoms with Crippen molar-refractivity contribution in [3.63, 3.8) is 0 Å². The SMILES string of the molecule is CC1(C)c2ccccc2-c2c1cc1c3c2N2c4ccccc4[Si](C)(C)c4cccc(c42)B3n2c3ccc4ccccc4c3c3cccc-1c32. The molecule has 0 amide bonds. The molecule has 4 heteroatoms. The molecule has 12 rings (SSSR count). The summed E-state index contributed by atoms with van der Waals surface area (Å²) >= 11 is 0. The highest BCUT2D eigenvalue weighted by Crippen LogP contribution is 2.57. The number of para-hydroxylation sites is 3. The first-order valence-electron chi connectivity index (χ1n) is 17.7. The molecular formula is C45H33BN2Si. The monoisotopic (exact) mass is 640 g/mol. The number of aromatic nitrogens is 1. The van der Waals surface area contributed by atoms with Crippen molar-refractivity contribution >= 4 is 85.9 Å². The highest BCUT2D eigenvalue weighted by molar-refractivity contribution is 7.04. The summed E-state index contributed by atoms with van der Waals surface area (Å²) in [5, 5.41) is 8.41. The normalized spacial score (nSPS) is 16.4. The van der Waals surface area contributed by atoms with Crippen molar-refractivity contribution in [1.82, 2.24) is 4.48 Å². The predicted molar refractivity (Wildman–Crippen MR) is 212 cm³/mol. The minimum atomic E-state index is -2.03. The molecule has 0 saturated carbocycles. The van der Waals surface area contributed by atoms with Crippen LogP contribution in [0.5, 0.6) is 0 Å². The van der Waals surface area contributed by atoms with Crippen LogP contribution in [0.15, 0.2) is 127 Å². The maximum atomic E-state index is 2.73. The van der Waals surface area contributed by atoms with Gasteiger partial charge in [-0.25, -0.2) is 0 Å². The zero-order valence-corrected chi connectivity index (χ0v) is 29.1. The predicted octanol–water partition coefficient (Wildman–Crippen LogP) is 8.81. The number of anilines is 3. The molecule has 0 atom stereocenters. The number of benzene rings is 7. The van der Waals surface area contributed by atoms with Crippen molar-refractivity contribution in [2.24, 2.45) is 0 Å². The van der Waals surface area contributed by atoms with E-state index in [1.54, 1.807) is 0 Å². The summed E-state index contributed by atoms with van der Waals surface area (Å²) in [6.07, 6.45) is 0. The fourth-order valence-electron chi connectivity index (χ4n) is 10.6. The van der Waals surface area contributed by atoms with Crippen LogP contribution < -0.4 is 26.2 Å². The van der Waals surface area contributed by atoms with E-state index < -0.39 is 8.07 Å². The van der Waals surface area contributed by atoms with Gasteiger partial charge in [-0.15, -0.1) is 0 Å².